The lowest BCUT2D eigenvalue weighted by atomic mass is 9.99. The van der Waals surface area contributed by atoms with Crippen molar-refractivity contribution in [2.45, 2.75) is 44.2 Å². The lowest BCUT2D eigenvalue weighted by Crippen LogP contribution is -2.17. The summed E-state index contributed by atoms with van der Waals surface area (Å²) in [4.78, 5) is 0. The highest BCUT2D eigenvalue weighted by Crippen LogP contribution is 2.24. The Labute approximate surface area is 115 Å². The van der Waals surface area contributed by atoms with Crippen LogP contribution in [0, 0.1) is 0 Å². The summed E-state index contributed by atoms with van der Waals surface area (Å²) in [6, 6.07) is 8.55. The van der Waals surface area contributed by atoms with Crippen LogP contribution in [-0.4, -0.2) is 19.8 Å². The molecule has 2 nitrogen and oxygen atoms in total. The molecule has 18 heavy (non-hydrogen) atoms. The van der Waals surface area contributed by atoms with E-state index in [4.69, 9.17) is 16.3 Å². The van der Waals surface area contributed by atoms with Crippen LogP contribution in [0.3, 0.4) is 0 Å². The maximum absolute atomic E-state index is 5.91. The number of halogens is 1. The van der Waals surface area contributed by atoms with Crippen molar-refractivity contribution < 1.29 is 4.74 Å². The molecule has 1 aromatic rings. The van der Waals surface area contributed by atoms with E-state index in [9.17, 15) is 0 Å². The first-order chi connectivity index (χ1) is 8.79. The zero-order valence-electron chi connectivity index (χ0n) is 11.0. The van der Waals surface area contributed by atoms with Crippen molar-refractivity contribution in [3.8, 4) is 0 Å². The van der Waals surface area contributed by atoms with Crippen LogP contribution in [0.1, 0.15) is 43.7 Å². The Balaban J connectivity index is 1.79. The maximum atomic E-state index is 5.91. The van der Waals surface area contributed by atoms with Gasteiger partial charge in [-0.15, -0.1) is 0 Å². The average molecular weight is 268 g/mol. The van der Waals surface area contributed by atoms with Crippen LogP contribution >= 0.6 is 11.6 Å². The van der Waals surface area contributed by atoms with E-state index in [0.717, 1.165) is 18.1 Å². The van der Waals surface area contributed by atoms with E-state index >= 15 is 0 Å². The molecule has 2 rings (SSSR count). The summed E-state index contributed by atoms with van der Waals surface area (Å²) in [5.41, 5.74) is 1.31. The van der Waals surface area contributed by atoms with Gasteiger partial charge in [0.15, 0.2) is 0 Å². The Morgan fingerprint density at radius 2 is 2.17 bits per heavy atom. The quantitative estimate of drug-likeness (QED) is 0.843. The van der Waals surface area contributed by atoms with Crippen LogP contribution in [0.25, 0.3) is 0 Å². The maximum Gasteiger partial charge on any atom is 0.0576 e. The molecule has 1 aliphatic rings. The van der Waals surface area contributed by atoms with Gasteiger partial charge in [-0.05, 0) is 56.8 Å². The van der Waals surface area contributed by atoms with E-state index in [1.165, 1.54) is 31.2 Å². The summed E-state index contributed by atoms with van der Waals surface area (Å²) in [5, 5.41) is 4.18. The number of benzene rings is 1. The molecule has 3 heteroatoms. The molecule has 1 heterocycles. The minimum absolute atomic E-state index is 0.420. The summed E-state index contributed by atoms with van der Waals surface area (Å²) in [6.07, 6.45) is 6.53. The highest BCUT2D eigenvalue weighted by molar-refractivity contribution is 6.30. The van der Waals surface area contributed by atoms with E-state index < -0.39 is 0 Å². The summed E-state index contributed by atoms with van der Waals surface area (Å²) >= 11 is 5.91. The van der Waals surface area contributed by atoms with Gasteiger partial charge >= 0.3 is 0 Å². The number of hydrogen-bond donors (Lipinski definition) is 1. The third kappa shape index (κ3) is 3.98. The Hall–Kier alpha value is -0.570. The monoisotopic (exact) mass is 267 g/mol. The fourth-order valence-corrected chi connectivity index (χ4v) is 2.72. The Bertz CT molecular complexity index is 346. The lowest BCUT2D eigenvalue weighted by molar-refractivity contribution is 0.101. The standard InChI is InChI=1S/C15H22ClNO/c1-17-15(12-7-9-13(16)10-8-12)6-2-4-14-5-3-11-18-14/h7-10,14-15,17H,2-6,11H2,1H3. The van der Waals surface area contributed by atoms with E-state index in [1.807, 2.05) is 19.2 Å². The van der Waals surface area contributed by atoms with Gasteiger partial charge in [-0.1, -0.05) is 23.7 Å². The van der Waals surface area contributed by atoms with Crippen molar-refractivity contribution >= 4 is 11.6 Å². The number of nitrogens with one attached hydrogen (secondary N) is 1. The molecule has 100 valence electrons. The van der Waals surface area contributed by atoms with Crippen molar-refractivity contribution in [1.82, 2.24) is 5.32 Å². The molecule has 1 fully saturated rings. The van der Waals surface area contributed by atoms with Crippen LogP contribution in [0.2, 0.25) is 5.02 Å². The van der Waals surface area contributed by atoms with Crippen LogP contribution in [0.15, 0.2) is 24.3 Å². The van der Waals surface area contributed by atoms with Crippen molar-refractivity contribution in [3.05, 3.63) is 34.9 Å². The summed E-state index contributed by atoms with van der Waals surface area (Å²) in [7, 11) is 2.02. The predicted molar refractivity (Wildman–Crippen MR) is 76.1 cm³/mol. The third-order valence-electron chi connectivity index (χ3n) is 3.66. The van der Waals surface area contributed by atoms with Gasteiger partial charge in [-0.25, -0.2) is 0 Å². The molecule has 1 N–H and O–H groups in total. The molecule has 0 aliphatic carbocycles. The van der Waals surface area contributed by atoms with E-state index in [-0.39, 0.29) is 0 Å². The summed E-state index contributed by atoms with van der Waals surface area (Å²) in [5.74, 6) is 0. The van der Waals surface area contributed by atoms with Gasteiger partial charge in [0.05, 0.1) is 6.10 Å². The largest absolute Gasteiger partial charge is 0.378 e. The fraction of sp³-hybridized carbons (Fsp3) is 0.600. The molecule has 1 saturated heterocycles. The van der Waals surface area contributed by atoms with Crippen molar-refractivity contribution in [1.29, 1.82) is 0 Å². The topological polar surface area (TPSA) is 21.3 Å². The van der Waals surface area contributed by atoms with Gasteiger partial charge in [0.1, 0.15) is 0 Å². The highest BCUT2D eigenvalue weighted by atomic mass is 35.5. The van der Waals surface area contributed by atoms with Crippen LogP contribution < -0.4 is 5.32 Å². The van der Waals surface area contributed by atoms with Crippen molar-refractivity contribution in [2.24, 2.45) is 0 Å². The van der Waals surface area contributed by atoms with E-state index in [1.54, 1.807) is 0 Å². The van der Waals surface area contributed by atoms with Crippen LogP contribution in [0.5, 0.6) is 0 Å². The molecule has 0 spiro atoms. The molecule has 1 aliphatic heterocycles. The van der Waals surface area contributed by atoms with Gasteiger partial charge < -0.3 is 10.1 Å². The second-order valence-electron chi connectivity index (χ2n) is 4.96. The Morgan fingerprint density at radius 1 is 1.39 bits per heavy atom. The number of ether oxygens (including phenoxy) is 1. The van der Waals surface area contributed by atoms with E-state index in [2.05, 4.69) is 17.4 Å². The van der Waals surface area contributed by atoms with Gasteiger partial charge in [-0.3, -0.25) is 0 Å². The molecule has 2 unspecified atom stereocenters. The minimum atomic E-state index is 0.420. The van der Waals surface area contributed by atoms with Crippen LogP contribution in [-0.2, 0) is 4.74 Å². The van der Waals surface area contributed by atoms with Gasteiger partial charge in [0, 0.05) is 17.7 Å². The summed E-state index contributed by atoms with van der Waals surface area (Å²) < 4.78 is 5.65. The molecule has 2 atom stereocenters. The van der Waals surface area contributed by atoms with Gasteiger partial charge in [0.25, 0.3) is 0 Å². The second kappa shape index (κ2) is 7.13. The predicted octanol–water partition coefficient (Wildman–Crippen LogP) is 3.95. The van der Waals surface area contributed by atoms with Crippen molar-refractivity contribution in [2.75, 3.05) is 13.7 Å². The summed E-state index contributed by atoms with van der Waals surface area (Å²) in [6.45, 7) is 0.956. The molecular formula is C15H22ClNO. The average Bonchev–Trinajstić information content (AvgIpc) is 2.89. The highest BCUT2D eigenvalue weighted by Gasteiger charge is 2.16. The molecule has 0 saturated carbocycles. The zero-order chi connectivity index (χ0) is 12.8. The second-order valence-corrected chi connectivity index (χ2v) is 5.40. The Morgan fingerprint density at radius 3 is 2.78 bits per heavy atom. The lowest BCUT2D eigenvalue weighted by Gasteiger charge is -2.17. The van der Waals surface area contributed by atoms with Gasteiger partial charge in [-0.2, -0.15) is 0 Å². The molecule has 0 aromatic heterocycles. The smallest absolute Gasteiger partial charge is 0.0576 e. The minimum Gasteiger partial charge on any atom is -0.378 e. The number of rotatable bonds is 6. The molecule has 0 radical (unpaired) electrons. The third-order valence-corrected chi connectivity index (χ3v) is 3.92. The SMILES string of the molecule is CNC(CCCC1CCCO1)c1ccc(Cl)cc1. The number of hydrogen-bond acceptors (Lipinski definition) is 2. The Kier molecular flexibility index (Phi) is 5.48. The van der Waals surface area contributed by atoms with Crippen LogP contribution in [0.4, 0.5) is 0 Å². The molecular weight excluding hydrogens is 246 g/mol. The van der Waals surface area contributed by atoms with E-state index in [0.29, 0.717) is 12.1 Å². The zero-order valence-corrected chi connectivity index (χ0v) is 11.7. The molecule has 0 bridgehead atoms. The first-order valence-electron chi connectivity index (χ1n) is 6.84. The normalized spacial score (nSPS) is 21.1. The first kappa shape index (κ1) is 13.9. The fourth-order valence-electron chi connectivity index (χ4n) is 2.59. The van der Waals surface area contributed by atoms with Crippen molar-refractivity contribution in [3.63, 3.8) is 0 Å². The molecule has 0 amide bonds. The first-order valence-corrected chi connectivity index (χ1v) is 7.21. The molecule has 1 aromatic carbocycles. The van der Waals surface area contributed by atoms with Gasteiger partial charge in [0.2, 0.25) is 0 Å².